The smallest absolute Gasteiger partial charge is 0.0678 e. The first kappa shape index (κ1) is 14.3. The SMILES string of the molecule is CC1CCC(CCCN2CC(C)OC(C)C2)CC1. The van der Waals surface area contributed by atoms with E-state index in [2.05, 4.69) is 25.7 Å². The van der Waals surface area contributed by atoms with Crippen LogP contribution >= 0.6 is 0 Å². The predicted molar refractivity (Wildman–Crippen MR) is 76.8 cm³/mol. The van der Waals surface area contributed by atoms with Crippen LogP contribution in [0.4, 0.5) is 0 Å². The van der Waals surface area contributed by atoms with E-state index in [1.165, 1.54) is 45.1 Å². The molecule has 2 heteroatoms. The van der Waals surface area contributed by atoms with Gasteiger partial charge < -0.3 is 4.74 Å². The Morgan fingerprint density at radius 2 is 1.56 bits per heavy atom. The molecule has 1 aliphatic carbocycles. The Labute approximate surface area is 113 Å². The summed E-state index contributed by atoms with van der Waals surface area (Å²) in [5.41, 5.74) is 0. The van der Waals surface area contributed by atoms with Crippen molar-refractivity contribution in [3.63, 3.8) is 0 Å². The second-order valence-electron chi connectivity index (χ2n) is 6.79. The molecule has 0 N–H and O–H groups in total. The third-order valence-corrected chi connectivity index (χ3v) is 4.72. The Morgan fingerprint density at radius 3 is 2.17 bits per heavy atom. The maximum Gasteiger partial charge on any atom is 0.0678 e. The Morgan fingerprint density at radius 1 is 0.944 bits per heavy atom. The van der Waals surface area contributed by atoms with E-state index in [4.69, 9.17) is 4.74 Å². The zero-order valence-corrected chi connectivity index (χ0v) is 12.5. The number of morpholine rings is 1. The van der Waals surface area contributed by atoms with Crippen molar-refractivity contribution in [2.75, 3.05) is 19.6 Å². The van der Waals surface area contributed by atoms with Gasteiger partial charge in [0.15, 0.2) is 0 Å². The van der Waals surface area contributed by atoms with Gasteiger partial charge in [0.2, 0.25) is 0 Å². The number of rotatable bonds is 4. The lowest BCUT2D eigenvalue weighted by molar-refractivity contribution is -0.0684. The number of hydrogen-bond acceptors (Lipinski definition) is 2. The van der Waals surface area contributed by atoms with Gasteiger partial charge in [0, 0.05) is 13.1 Å². The minimum Gasteiger partial charge on any atom is -0.373 e. The second-order valence-corrected chi connectivity index (χ2v) is 6.79. The van der Waals surface area contributed by atoms with Crippen molar-refractivity contribution in [3.05, 3.63) is 0 Å². The summed E-state index contributed by atoms with van der Waals surface area (Å²) in [6.07, 6.45) is 9.58. The van der Waals surface area contributed by atoms with Gasteiger partial charge in [-0.2, -0.15) is 0 Å². The van der Waals surface area contributed by atoms with Crippen LogP contribution in [0.3, 0.4) is 0 Å². The minimum atomic E-state index is 0.421. The van der Waals surface area contributed by atoms with Crippen LogP contribution in [0.2, 0.25) is 0 Å². The summed E-state index contributed by atoms with van der Waals surface area (Å²) < 4.78 is 5.78. The van der Waals surface area contributed by atoms with E-state index in [9.17, 15) is 0 Å². The third kappa shape index (κ3) is 4.55. The molecule has 0 bridgehead atoms. The standard InChI is InChI=1S/C16H31NO/c1-13-6-8-16(9-7-13)5-4-10-17-11-14(2)18-15(3)12-17/h13-16H,4-12H2,1-3H3. The van der Waals surface area contributed by atoms with Gasteiger partial charge in [-0.15, -0.1) is 0 Å². The lowest BCUT2D eigenvalue weighted by atomic mass is 9.81. The normalized spacial score (nSPS) is 38.8. The first-order valence-electron chi connectivity index (χ1n) is 8.01. The van der Waals surface area contributed by atoms with Crippen molar-refractivity contribution in [1.29, 1.82) is 0 Å². The molecule has 1 heterocycles. The molecule has 1 saturated heterocycles. The molecule has 2 fully saturated rings. The van der Waals surface area contributed by atoms with Crippen molar-refractivity contribution in [3.8, 4) is 0 Å². The highest BCUT2D eigenvalue weighted by molar-refractivity contribution is 4.74. The molecule has 0 spiro atoms. The first-order chi connectivity index (χ1) is 8.63. The van der Waals surface area contributed by atoms with Gasteiger partial charge in [0.25, 0.3) is 0 Å². The van der Waals surface area contributed by atoms with E-state index < -0.39 is 0 Å². The fraction of sp³-hybridized carbons (Fsp3) is 1.00. The van der Waals surface area contributed by atoms with Crippen molar-refractivity contribution < 1.29 is 4.74 Å². The van der Waals surface area contributed by atoms with Crippen LogP contribution < -0.4 is 0 Å². The molecule has 2 rings (SSSR count). The lowest BCUT2D eigenvalue weighted by Gasteiger charge is -2.35. The molecule has 0 amide bonds. The van der Waals surface area contributed by atoms with Gasteiger partial charge in [-0.25, -0.2) is 0 Å². The van der Waals surface area contributed by atoms with Crippen LogP contribution in [0.5, 0.6) is 0 Å². The molecule has 2 unspecified atom stereocenters. The minimum absolute atomic E-state index is 0.421. The predicted octanol–water partition coefficient (Wildman–Crippen LogP) is 3.70. The maximum atomic E-state index is 5.78. The summed E-state index contributed by atoms with van der Waals surface area (Å²) in [5, 5.41) is 0. The molecule has 1 saturated carbocycles. The largest absolute Gasteiger partial charge is 0.373 e. The summed E-state index contributed by atoms with van der Waals surface area (Å²) in [6, 6.07) is 0. The van der Waals surface area contributed by atoms with Crippen LogP contribution in [-0.2, 0) is 4.74 Å². The number of nitrogens with zero attached hydrogens (tertiary/aromatic N) is 1. The van der Waals surface area contributed by atoms with Crippen molar-refractivity contribution >= 4 is 0 Å². The molecular weight excluding hydrogens is 222 g/mol. The van der Waals surface area contributed by atoms with E-state index in [1.807, 2.05) is 0 Å². The Kier molecular flexibility index (Phi) is 5.50. The molecule has 0 aromatic carbocycles. The van der Waals surface area contributed by atoms with Crippen LogP contribution in [0, 0.1) is 11.8 Å². The first-order valence-corrected chi connectivity index (χ1v) is 8.01. The van der Waals surface area contributed by atoms with E-state index in [0.717, 1.165) is 24.9 Å². The lowest BCUT2D eigenvalue weighted by Crippen LogP contribution is -2.45. The molecule has 2 nitrogen and oxygen atoms in total. The zero-order chi connectivity index (χ0) is 13.0. The van der Waals surface area contributed by atoms with E-state index in [1.54, 1.807) is 0 Å². The Bertz CT molecular complexity index is 225. The summed E-state index contributed by atoms with van der Waals surface area (Å²) in [6.45, 7) is 10.4. The van der Waals surface area contributed by atoms with E-state index >= 15 is 0 Å². The average molecular weight is 253 g/mol. The highest BCUT2D eigenvalue weighted by Crippen LogP contribution is 2.31. The maximum absolute atomic E-state index is 5.78. The van der Waals surface area contributed by atoms with Gasteiger partial charge in [-0.3, -0.25) is 4.90 Å². The molecule has 0 radical (unpaired) electrons. The molecule has 0 aromatic rings. The van der Waals surface area contributed by atoms with Gasteiger partial charge in [0.1, 0.15) is 0 Å². The summed E-state index contributed by atoms with van der Waals surface area (Å²) in [7, 11) is 0. The van der Waals surface area contributed by atoms with E-state index in [-0.39, 0.29) is 0 Å². The van der Waals surface area contributed by atoms with Gasteiger partial charge in [-0.05, 0) is 45.1 Å². The average Bonchev–Trinajstić information content (AvgIpc) is 2.30. The highest BCUT2D eigenvalue weighted by atomic mass is 16.5. The Balaban J connectivity index is 1.60. The van der Waals surface area contributed by atoms with Gasteiger partial charge >= 0.3 is 0 Å². The van der Waals surface area contributed by atoms with Crippen LogP contribution in [-0.4, -0.2) is 36.7 Å². The van der Waals surface area contributed by atoms with E-state index in [0.29, 0.717) is 12.2 Å². The zero-order valence-electron chi connectivity index (χ0n) is 12.5. The van der Waals surface area contributed by atoms with Gasteiger partial charge in [-0.1, -0.05) is 32.6 Å². The van der Waals surface area contributed by atoms with Crippen molar-refractivity contribution in [1.82, 2.24) is 4.90 Å². The van der Waals surface area contributed by atoms with Crippen LogP contribution in [0.15, 0.2) is 0 Å². The molecule has 106 valence electrons. The number of hydrogen-bond donors (Lipinski definition) is 0. The summed E-state index contributed by atoms with van der Waals surface area (Å²) in [4.78, 5) is 2.60. The third-order valence-electron chi connectivity index (χ3n) is 4.72. The molecule has 2 atom stereocenters. The second kappa shape index (κ2) is 6.91. The Hall–Kier alpha value is -0.0800. The topological polar surface area (TPSA) is 12.5 Å². The fourth-order valence-corrected chi connectivity index (χ4v) is 3.69. The summed E-state index contributed by atoms with van der Waals surface area (Å²) in [5.74, 6) is 2.01. The van der Waals surface area contributed by atoms with Crippen LogP contribution in [0.25, 0.3) is 0 Å². The van der Waals surface area contributed by atoms with Gasteiger partial charge in [0.05, 0.1) is 12.2 Å². The van der Waals surface area contributed by atoms with Crippen LogP contribution in [0.1, 0.15) is 59.3 Å². The van der Waals surface area contributed by atoms with Crippen molar-refractivity contribution in [2.45, 2.75) is 71.5 Å². The quantitative estimate of drug-likeness (QED) is 0.757. The monoisotopic (exact) mass is 253 g/mol. The molecular formula is C16H31NO. The molecule has 1 aliphatic heterocycles. The molecule has 0 aromatic heterocycles. The summed E-state index contributed by atoms with van der Waals surface area (Å²) >= 11 is 0. The molecule has 18 heavy (non-hydrogen) atoms. The van der Waals surface area contributed by atoms with Crippen molar-refractivity contribution in [2.24, 2.45) is 11.8 Å². The fourth-order valence-electron chi connectivity index (χ4n) is 3.69. The number of ether oxygens (including phenoxy) is 1. The highest BCUT2D eigenvalue weighted by Gasteiger charge is 2.22. The molecule has 2 aliphatic rings.